The van der Waals surface area contributed by atoms with Gasteiger partial charge in [0.1, 0.15) is 5.75 Å². The highest BCUT2D eigenvalue weighted by molar-refractivity contribution is 5.72. The molecule has 0 unspecified atom stereocenters. The molecular weight excluding hydrogens is 234 g/mol. The van der Waals surface area contributed by atoms with Gasteiger partial charge in [-0.1, -0.05) is 19.1 Å². The average molecular weight is 251 g/mol. The Morgan fingerprint density at radius 3 is 2.72 bits per heavy atom. The molecule has 0 spiro atoms. The van der Waals surface area contributed by atoms with Gasteiger partial charge < -0.3 is 14.7 Å². The van der Waals surface area contributed by atoms with Gasteiger partial charge in [-0.2, -0.15) is 0 Å². The highest BCUT2D eigenvalue weighted by Crippen LogP contribution is 2.14. The van der Waals surface area contributed by atoms with Gasteiger partial charge in [-0.05, 0) is 24.1 Å². The molecule has 0 atom stereocenters. The van der Waals surface area contributed by atoms with E-state index >= 15 is 0 Å². The van der Waals surface area contributed by atoms with E-state index in [4.69, 9.17) is 9.84 Å². The number of hydrogen-bond donors (Lipinski definition) is 1. The zero-order valence-electron chi connectivity index (χ0n) is 10.5. The van der Waals surface area contributed by atoms with Gasteiger partial charge in [-0.25, -0.2) is 4.79 Å². The molecule has 0 radical (unpaired) electrons. The van der Waals surface area contributed by atoms with Crippen LogP contribution in [0.5, 0.6) is 5.75 Å². The summed E-state index contributed by atoms with van der Waals surface area (Å²) in [7, 11) is 1.51. The van der Waals surface area contributed by atoms with Gasteiger partial charge in [-0.3, -0.25) is 4.79 Å². The van der Waals surface area contributed by atoms with E-state index in [1.54, 1.807) is 12.1 Å². The van der Waals surface area contributed by atoms with Gasteiger partial charge in [0.15, 0.2) is 0 Å². The number of nitrogens with zero attached hydrogens (tertiary/aromatic N) is 1. The lowest BCUT2D eigenvalue weighted by Gasteiger charge is -2.15. The van der Waals surface area contributed by atoms with Crippen LogP contribution in [0.25, 0.3) is 0 Å². The van der Waals surface area contributed by atoms with Crippen molar-refractivity contribution in [2.75, 3.05) is 13.6 Å². The quantitative estimate of drug-likeness (QED) is 0.870. The number of carboxylic acid groups (broad SMARTS) is 1. The predicted molar refractivity (Wildman–Crippen MR) is 66.7 cm³/mol. The first-order valence-electron chi connectivity index (χ1n) is 5.76. The van der Waals surface area contributed by atoms with Gasteiger partial charge >= 0.3 is 12.1 Å². The van der Waals surface area contributed by atoms with E-state index in [1.165, 1.54) is 11.9 Å². The molecule has 1 aromatic rings. The van der Waals surface area contributed by atoms with Crippen LogP contribution in [0.2, 0.25) is 0 Å². The summed E-state index contributed by atoms with van der Waals surface area (Å²) >= 11 is 0. The van der Waals surface area contributed by atoms with Crippen LogP contribution < -0.4 is 4.74 Å². The fourth-order valence-corrected chi connectivity index (χ4v) is 1.36. The maximum atomic E-state index is 11.6. The smallest absolute Gasteiger partial charge is 0.414 e. The van der Waals surface area contributed by atoms with Crippen molar-refractivity contribution in [3.8, 4) is 5.75 Å². The predicted octanol–water partition coefficient (Wildman–Crippen LogP) is 2.15. The molecule has 1 rings (SSSR count). The van der Waals surface area contributed by atoms with E-state index in [0.717, 1.165) is 12.0 Å². The molecule has 0 aliphatic rings. The van der Waals surface area contributed by atoms with E-state index in [2.05, 4.69) is 0 Å². The van der Waals surface area contributed by atoms with Crippen LogP contribution in [0.4, 0.5) is 4.79 Å². The van der Waals surface area contributed by atoms with Gasteiger partial charge in [0.25, 0.3) is 0 Å². The first-order chi connectivity index (χ1) is 8.52. The summed E-state index contributed by atoms with van der Waals surface area (Å²) in [6, 6.07) is 7.26. The lowest BCUT2D eigenvalue weighted by Crippen LogP contribution is -2.31. The molecule has 0 aliphatic heterocycles. The summed E-state index contributed by atoms with van der Waals surface area (Å²) in [5.74, 6) is -0.468. The number of amides is 1. The molecule has 0 aromatic heterocycles. The van der Waals surface area contributed by atoms with Crippen LogP contribution >= 0.6 is 0 Å². The van der Waals surface area contributed by atoms with Crippen molar-refractivity contribution in [3.63, 3.8) is 0 Å². The van der Waals surface area contributed by atoms with Crippen LogP contribution in [0, 0.1) is 0 Å². The molecule has 98 valence electrons. The molecule has 0 bridgehead atoms. The first-order valence-corrected chi connectivity index (χ1v) is 5.76. The normalized spacial score (nSPS) is 9.89. The van der Waals surface area contributed by atoms with Crippen molar-refractivity contribution in [1.29, 1.82) is 0 Å². The Morgan fingerprint density at radius 2 is 2.11 bits per heavy atom. The first kappa shape index (κ1) is 14.0. The summed E-state index contributed by atoms with van der Waals surface area (Å²) in [5.41, 5.74) is 1.08. The Balaban J connectivity index is 2.55. The fourth-order valence-electron chi connectivity index (χ4n) is 1.36. The molecule has 18 heavy (non-hydrogen) atoms. The van der Waals surface area contributed by atoms with E-state index < -0.39 is 12.1 Å². The van der Waals surface area contributed by atoms with E-state index in [0.29, 0.717) is 5.75 Å². The third kappa shape index (κ3) is 4.45. The summed E-state index contributed by atoms with van der Waals surface area (Å²) in [5, 5.41) is 8.52. The topological polar surface area (TPSA) is 66.8 Å². The van der Waals surface area contributed by atoms with Crippen molar-refractivity contribution in [2.45, 2.75) is 19.8 Å². The Hall–Kier alpha value is -2.04. The minimum Gasteiger partial charge on any atom is -0.481 e. The lowest BCUT2D eigenvalue weighted by atomic mass is 10.2. The molecule has 1 amide bonds. The molecule has 0 aliphatic carbocycles. The van der Waals surface area contributed by atoms with Gasteiger partial charge in [0, 0.05) is 13.6 Å². The highest BCUT2D eigenvalue weighted by Gasteiger charge is 2.12. The van der Waals surface area contributed by atoms with Crippen molar-refractivity contribution in [3.05, 3.63) is 29.8 Å². The molecule has 0 fully saturated rings. The monoisotopic (exact) mass is 251 g/mol. The summed E-state index contributed by atoms with van der Waals surface area (Å²) < 4.78 is 5.15. The maximum absolute atomic E-state index is 11.6. The number of rotatable bonds is 5. The highest BCUT2D eigenvalue weighted by atomic mass is 16.6. The van der Waals surface area contributed by atoms with Gasteiger partial charge in [0.2, 0.25) is 0 Å². The Morgan fingerprint density at radius 1 is 1.39 bits per heavy atom. The molecule has 5 heteroatoms. The molecule has 1 N–H and O–H groups in total. The minimum absolute atomic E-state index is 0.0966. The van der Waals surface area contributed by atoms with Crippen LogP contribution in [-0.4, -0.2) is 35.7 Å². The number of aryl methyl sites for hydroxylation is 1. The molecule has 1 aromatic carbocycles. The van der Waals surface area contributed by atoms with Crippen LogP contribution in [0.1, 0.15) is 18.9 Å². The molecule has 0 heterocycles. The van der Waals surface area contributed by atoms with Crippen molar-refractivity contribution >= 4 is 12.1 Å². The average Bonchev–Trinajstić information content (AvgIpc) is 2.36. The number of ether oxygens (including phenoxy) is 1. The zero-order chi connectivity index (χ0) is 13.5. The fraction of sp³-hybridized carbons (Fsp3) is 0.385. The third-order valence-corrected chi connectivity index (χ3v) is 2.48. The summed E-state index contributed by atoms with van der Waals surface area (Å²) in [6.45, 7) is 2.14. The van der Waals surface area contributed by atoms with Crippen molar-refractivity contribution in [2.24, 2.45) is 0 Å². The van der Waals surface area contributed by atoms with E-state index in [-0.39, 0.29) is 13.0 Å². The number of carbonyl (C=O) groups excluding carboxylic acids is 1. The van der Waals surface area contributed by atoms with Crippen LogP contribution in [-0.2, 0) is 11.2 Å². The van der Waals surface area contributed by atoms with Gasteiger partial charge in [-0.15, -0.1) is 0 Å². The van der Waals surface area contributed by atoms with E-state index in [1.807, 2.05) is 19.1 Å². The summed E-state index contributed by atoms with van der Waals surface area (Å²) in [6.07, 6.45) is 0.213. The lowest BCUT2D eigenvalue weighted by molar-refractivity contribution is -0.137. The van der Waals surface area contributed by atoms with E-state index in [9.17, 15) is 9.59 Å². The maximum Gasteiger partial charge on any atom is 0.414 e. The number of carboxylic acids is 1. The van der Waals surface area contributed by atoms with Crippen LogP contribution in [0.3, 0.4) is 0 Å². The number of carbonyl (C=O) groups is 2. The second kappa shape index (κ2) is 6.64. The minimum atomic E-state index is -0.942. The number of hydrogen-bond acceptors (Lipinski definition) is 3. The standard InChI is InChI=1S/C13H17NO4/c1-3-10-5-4-6-11(9-10)18-13(17)14(2)8-7-12(15)16/h4-6,9H,3,7-8H2,1-2H3,(H,15,16). The number of benzene rings is 1. The zero-order valence-corrected chi connectivity index (χ0v) is 10.5. The van der Waals surface area contributed by atoms with Crippen molar-refractivity contribution < 1.29 is 19.4 Å². The largest absolute Gasteiger partial charge is 0.481 e. The van der Waals surface area contributed by atoms with Gasteiger partial charge in [0.05, 0.1) is 6.42 Å². The second-order valence-electron chi connectivity index (χ2n) is 3.93. The Bertz CT molecular complexity index is 431. The SMILES string of the molecule is CCc1cccc(OC(=O)N(C)CCC(=O)O)c1. The third-order valence-electron chi connectivity index (χ3n) is 2.48. The molecule has 0 saturated carbocycles. The summed E-state index contributed by atoms with van der Waals surface area (Å²) in [4.78, 5) is 23.3. The Kier molecular flexibility index (Phi) is 5.17. The Labute approximate surface area is 106 Å². The molecule has 0 saturated heterocycles. The number of aliphatic carboxylic acids is 1. The second-order valence-corrected chi connectivity index (χ2v) is 3.93. The van der Waals surface area contributed by atoms with Crippen LogP contribution in [0.15, 0.2) is 24.3 Å². The molecular formula is C13H17NO4. The van der Waals surface area contributed by atoms with Crippen molar-refractivity contribution in [1.82, 2.24) is 4.90 Å². The molecule has 5 nitrogen and oxygen atoms in total.